The quantitative estimate of drug-likeness (QED) is 0.788. The highest BCUT2D eigenvalue weighted by molar-refractivity contribution is 9.09. The number of rotatable bonds is 3. The Morgan fingerprint density at radius 3 is 3.29 bits per heavy atom. The minimum absolute atomic E-state index is 0.854. The van der Waals surface area contributed by atoms with E-state index in [4.69, 9.17) is 0 Å². The number of hydrogen-bond acceptors (Lipinski definition) is 3. The van der Waals surface area contributed by atoms with E-state index in [2.05, 4.69) is 31.2 Å². The van der Waals surface area contributed by atoms with Gasteiger partial charge in [-0.25, -0.2) is 4.98 Å². The normalized spacial score (nSPS) is 22.6. The van der Waals surface area contributed by atoms with Crippen molar-refractivity contribution in [2.24, 2.45) is 5.92 Å². The molecule has 0 aliphatic carbocycles. The van der Waals surface area contributed by atoms with E-state index >= 15 is 0 Å². The van der Waals surface area contributed by atoms with Gasteiger partial charge in [0.05, 0.1) is 0 Å². The molecule has 4 heteroatoms. The van der Waals surface area contributed by atoms with Crippen molar-refractivity contribution in [3.8, 4) is 0 Å². The van der Waals surface area contributed by atoms with Gasteiger partial charge in [-0.2, -0.15) is 0 Å². The lowest BCUT2D eigenvalue weighted by Gasteiger charge is -2.32. The molecule has 0 aromatic carbocycles. The summed E-state index contributed by atoms with van der Waals surface area (Å²) in [7, 11) is 0. The van der Waals surface area contributed by atoms with E-state index in [-0.39, 0.29) is 0 Å². The lowest BCUT2D eigenvalue weighted by Crippen LogP contribution is -2.35. The molecule has 1 aliphatic heterocycles. The number of alkyl halides is 1. The van der Waals surface area contributed by atoms with Crippen LogP contribution in [0.25, 0.3) is 0 Å². The third-order valence-corrected chi connectivity index (χ3v) is 4.02. The third-order valence-electron chi connectivity index (χ3n) is 2.73. The summed E-state index contributed by atoms with van der Waals surface area (Å²) >= 11 is 5.27. The van der Waals surface area contributed by atoms with E-state index in [0.717, 1.165) is 11.2 Å². The summed E-state index contributed by atoms with van der Waals surface area (Å²) in [5, 5.41) is 4.39. The van der Waals surface area contributed by atoms with E-state index < -0.39 is 0 Å². The van der Waals surface area contributed by atoms with Crippen LogP contribution in [-0.4, -0.2) is 23.4 Å². The Bertz CT molecular complexity index is 261. The van der Waals surface area contributed by atoms with Gasteiger partial charge >= 0.3 is 0 Å². The summed E-state index contributed by atoms with van der Waals surface area (Å²) in [4.78, 5) is 6.80. The second-order valence-electron chi connectivity index (χ2n) is 3.75. The minimum Gasteiger partial charge on any atom is -0.348 e. The summed E-state index contributed by atoms with van der Waals surface area (Å²) in [6, 6.07) is 0. The highest BCUT2D eigenvalue weighted by Gasteiger charge is 2.20. The maximum atomic E-state index is 4.37. The fourth-order valence-electron chi connectivity index (χ4n) is 2.00. The van der Waals surface area contributed by atoms with E-state index in [1.54, 1.807) is 11.3 Å². The summed E-state index contributed by atoms with van der Waals surface area (Å²) < 4.78 is 0. The van der Waals surface area contributed by atoms with Gasteiger partial charge in [-0.1, -0.05) is 15.9 Å². The van der Waals surface area contributed by atoms with Crippen molar-refractivity contribution < 1.29 is 0 Å². The number of anilines is 1. The Morgan fingerprint density at radius 2 is 2.57 bits per heavy atom. The molecule has 0 spiro atoms. The van der Waals surface area contributed by atoms with Crippen LogP contribution in [0.2, 0.25) is 0 Å². The maximum absolute atomic E-state index is 4.37. The molecule has 2 nitrogen and oxygen atoms in total. The first-order valence-electron chi connectivity index (χ1n) is 5.10. The first-order chi connectivity index (χ1) is 6.90. The smallest absolute Gasteiger partial charge is 0.185 e. The fraction of sp³-hybridized carbons (Fsp3) is 0.700. The van der Waals surface area contributed by atoms with Crippen molar-refractivity contribution in [1.82, 2.24) is 4.98 Å². The van der Waals surface area contributed by atoms with Gasteiger partial charge in [0.1, 0.15) is 0 Å². The zero-order valence-electron chi connectivity index (χ0n) is 8.16. The molecule has 1 unspecified atom stereocenters. The van der Waals surface area contributed by atoms with Gasteiger partial charge < -0.3 is 4.90 Å². The van der Waals surface area contributed by atoms with Gasteiger partial charge in [-0.05, 0) is 25.2 Å². The van der Waals surface area contributed by atoms with Crippen LogP contribution >= 0.6 is 27.3 Å². The Labute approximate surface area is 97.5 Å². The van der Waals surface area contributed by atoms with Crippen LogP contribution in [-0.2, 0) is 0 Å². The molecular weight excluding hydrogens is 260 g/mol. The number of thiazole rings is 1. The minimum atomic E-state index is 0.854. The molecule has 0 N–H and O–H groups in total. The van der Waals surface area contributed by atoms with Gasteiger partial charge in [0.2, 0.25) is 0 Å². The summed E-state index contributed by atoms with van der Waals surface area (Å²) in [6.07, 6.45) is 5.89. The predicted octanol–water partition coefficient (Wildman–Crippen LogP) is 3.14. The summed E-state index contributed by atoms with van der Waals surface area (Å²) in [6.45, 7) is 2.38. The molecule has 0 saturated carbocycles. The zero-order chi connectivity index (χ0) is 9.80. The second kappa shape index (κ2) is 5.12. The zero-order valence-corrected chi connectivity index (χ0v) is 10.6. The molecular formula is C10H15BrN2S. The van der Waals surface area contributed by atoms with Gasteiger partial charge in [-0.3, -0.25) is 0 Å². The first kappa shape index (κ1) is 10.4. The van der Waals surface area contributed by atoms with Crippen LogP contribution in [0.5, 0.6) is 0 Å². The van der Waals surface area contributed by atoms with E-state index in [9.17, 15) is 0 Å². The number of nitrogens with zero attached hydrogens (tertiary/aromatic N) is 2. The number of halogens is 1. The van der Waals surface area contributed by atoms with E-state index in [0.29, 0.717) is 0 Å². The van der Waals surface area contributed by atoms with Crippen LogP contribution in [0.1, 0.15) is 19.3 Å². The average Bonchev–Trinajstić information content (AvgIpc) is 2.71. The number of piperidine rings is 1. The topological polar surface area (TPSA) is 16.1 Å². The van der Waals surface area contributed by atoms with Crippen molar-refractivity contribution >= 4 is 32.4 Å². The van der Waals surface area contributed by atoms with E-state index in [1.165, 1.54) is 37.5 Å². The SMILES string of the molecule is BrCCC1CCCN(c2nccs2)C1. The summed E-state index contributed by atoms with van der Waals surface area (Å²) in [5.41, 5.74) is 0. The lowest BCUT2D eigenvalue weighted by molar-refractivity contribution is 0.407. The molecule has 1 fully saturated rings. The third kappa shape index (κ3) is 2.48. The Morgan fingerprint density at radius 1 is 1.64 bits per heavy atom. The molecule has 14 heavy (non-hydrogen) atoms. The van der Waals surface area contributed by atoms with Gasteiger partial charge in [-0.15, -0.1) is 11.3 Å². The first-order valence-corrected chi connectivity index (χ1v) is 7.10. The number of aromatic nitrogens is 1. The Hall–Kier alpha value is -0.0900. The molecule has 1 aromatic heterocycles. The summed E-state index contributed by atoms with van der Waals surface area (Å²) in [5.74, 6) is 0.854. The van der Waals surface area contributed by atoms with Crippen LogP contribution in [0, 0.1) is 5.92 Å². The van der Waals surface area contributed by atoms with Crippen molar-refractivity contribution in [3.63, 3.8) is 0 Å². The van der Waals surface area contributed by atoms with Crippen molar-refractivity contribution in [2.45, 2.75) is 19.3 Å². The standard InChI is InChI=1S/C10H15BrN2S/c11-4-3-9-2-1-6-13(8-9)10-12-5-7-14-10/h5,7,9H,1-4,6,8H2. The highest BCUT2D eigenvalue weighted by Crippen LogP contribution is 2.26. The van der Waals surface area contributed by atoms with Crippen molar-refractivity contribution in [3.05, 3.63) is 11.6 Å². The average molecular weight is 275 g/mol. The van der Waals surface area contributed by atoms with Gasteiger partial charge in [0, 0.05) is 30.0 Å². The molecule has 0 radical (unpaired) electrons. The maximum Gasteiger partial charge on any atom is 0.185 e. The van der Waals surface area contributed by atoms with Crippen molar-refractivity contribution in [1.29, 1.82) is 0 Å². The molecule has 0 amide bonds. The molecule has 1 saturated heterocycles. The molecule has 78 valence electrons. The highest BCUT2D eigenvalue weighted by atomic mass is 79.9. The molecule has 1 aliphatic rings. The molecule has 2 heterocycles. The number of hydrogen-bond donors (Lipinski definition) is 0. The molecule has 2 rings (SSSR count). The molecule has 0 bridgehead atoms. The molecule has 1 aromatic rings. The largest absolute Gasteiger partial charge is 0.348 e. The monoisotopic (exact) mass is 274 g/mol. The van der Waals surface area contributed by atoms with Gasteiger partial charge in [0.25, 0.3) is 0 Å². The van der Waals surface area contributed by atoms with Crippen molar-refractivity contribution in [2.75, 3.05) is 23.3 Å². The second-order valence-corrected chi connectivity index (χ2v) is 5.41. The lowest BCUT2D eigenvalue weighted by atomic mass is 9.96. The Kier molecular flexibility index (Phi) is 3.81. The predicted molar refractivity (Wildman–Crippen MR) is 65.5 cm³/mol. The van der Waals surface area contributed by atoms with E-state index in [1.807, 2.05) is 6.20 Å². The molecule has 1 atom stereocenters. The Balaban J connectivity index is 1.94. The van der Waals surface area contributed by atoms with Gasteiger partial charge in [0.15, 0.2) is 5.13 Å². The van der Waals surface area contributed by atoms with Crippen LogP contribution in [0.15, 0.2) is 11.6 Å². The van der Waals surface area contributed by atoms with Crippen LogP contribution < -0.4 is 4.90 Å². The fourth-order valence-corrected chi connectivity index (χ4v) is 3.33. The van der Waals surface area contributed by atoms with Crippen LogP contribution in [0.4, 0.5) is 5.13 Å². The van der Waals surface area contributed by atoms with Crippen LogP contribution in [0.3, 0.4) is 0 Å².